The molecule has 9 heteroatoms. The van der Waals surface area contributed by atoms with Crippen LogP contribution in [0.2, 0.25) is 5.02 Å². The molecule has 0 saturated carbocycles. The average molecular weight is 323 g/mol. The highest BCUT2D eigenvalue weighted by Crippen LogP contribution is 2.14. The Balaban J connectivity index is 1.92. The number of halogens is 1. The third-order valence-corrected chi connectivity index (χ3v) is 2.83. The fourth-order valence-corrected chi connectivity index (χ4v) is 1.76. The lowest BCUT2D eigenvalue weighted by atomic mass is 10.3. The molecule has 0 bridgehead atoms. The maximum Gasteiger partial charge on any atom is 0.322 e. The van der Waals surface area contributed by atoms with Crippen LogP contribution in [0.25, 0.3) is 0 Å². The van der Waals surface area contributed by atoms with E-state index in [1.165, 1.54) is 15.8 Å². The van der Waals surface area contributed by atoms with Gasteiger partial charge in [-0.25, -0.2) is 9.48 Å². The van der Waals surface area contributed by atoms with Crippen LogP contribution in [0.5, 0.6) is 0 Å². The molecule has 0 spiro atoms. The number of nitrogens with one attached hydrogen (secondary N) is 2. The van der Waals surface area contributed by atoms with Crippen LogP contribution in [0.1, 0.15) is 0 Å². The number of carbonyl (C=O) groups is 2. The van der Waals surface area contributed by atoms with Crippen LogP contribution in [0.3, 0.4) is 0 Å². The second kappa shape index (κ2) is 6.90. The number of carbonyl (C=O) groups excluding carboxylic acids is 2. The first-order valence-corrected chi connectivity index (χ1v) is 6.75. The van der Waals surface area contributed by atoms with Gasteiger partial charge in [0.05, 0.1) is 6.20 Å². The third-order valence-electron chi connectivity index (χ3n) is 2.59. The largest absolute Gasteiger partial charge is 0.331 e. The Hall–Kier alpha value is -2.61. The van der Waals surface area contributed by atoms with Crippen molar-refractivity contribution < 1.29 is 9.59 Å². The first kappa shape index (κ1) is 15.8. The van der Waals surface area contributed by atoms with Gasteiger partial charge in [0.15, 0.2) is 5.82 Å². The van der Waals surface area contributed by atoms with Gasteiger partial charge in [0.2, 0.25) is 5.91 Å². The highest BCUT2D eigenvalue weighted by Gasteiger charge is 2.09. The Morgan fingerprint density at radius 1 is 1.32 bits per heavy atom. The van der Waals surface area contributed by atoms with Crippen molar-refractivity contribution in [2.45, 2.75) is 6.54 Å². The van der Waals surface area contributed by atoms with Gasteiger partial charge in [-0.3, -0.25) is 10.1 Å². The molecule has 116 valence electrons. The number of urea groups is 1. The van der Waals surface area contributed by atoms with E-state index in [0.29, 0.717) is 10.7 Å². The minimum absolute atomic E-state index is 0.0304. The molecule has 22 heavy (non-hydrogen) atoms. The number of hydrogen-bond acceptors (Lipinski definition) is 4. The third kappa shape index (κ3) is 4.45. The molecule has 8 nitrogen and oxygen atoms in total. The van der Waals surface area contributed by atoms with E-state index in [0.717, 1.165) is 0 Å². The zero-order valence-corrected chi connectivity index (χ0v) is 12.8. The lowest BCUT2D eigenvalue weighted by Crippen LogP contribution is -2.27. The number of hydrogen-bond donors (Lipinski definition) is 2. The summed E-state index contributed by atoms with van der Waals surface area (Å²) in [6.07, 6.45) is 1.47. The van der Waals surface area contributed by atoms with Gasteiger partial charge in [-0.2, -0.15) is 0 Å². The second-order valence-corrected chi connectivity index (χ2v) is 5.12. The predicted octanol–water partition coefficient (Wildman–Crippen LogP) is 1.66. The maximum absolute atomic E-state index is 11.9. The van der Waals surface area contributed by atoms with Gasteiger partial charge in [0.25, 0.3) is 0 Å². The number of aromatic nitrogens is 3. The molecule has 1 aromatic carbocycles. The molecule has 0 fully saturated rings. The van der Waals surface area contributed by atoms with E-state index < -0.39 is 0 Å². The van der Waals surface area contributed by atoms with Crippen molar-refractivity contribution >= 4 is 35.0 Å². The minimum Gasteiger partial charge on any atom is -0.331 e. The smallest absolute Gasteiger partial charge is 0.322 e. The number of nitrogens with zero attached hydrogens (tertiary/aromatic N) is 4. The molecule has 0 unspecified atom stereocenters. The minimum atomic E-state index is -0.324. The molecule has 1 aromatic heterocycles. The molecule has 2 rings (SSSR count). The summed E-state index contributed by atoms with van der Waals surface area (Å²) in [5.74, 6) is -0.00749. The van der Waals surface area contributed by atoms with Gasteiger partial charge in [-0.05, 0) is 18.2 Å². The fraction of sp³-hybridized carbons (Fsp3) is 0.231. The summed E-state index contributed by atoms with van der Waals surface area (Å²) in [7, 11) is 3.22. The second-order valence-electron chi connectivity index (χ2n) is 4.68. The molecule has 0 saturated heterocycles. The lowest BCUT2D eigenvalue weighted by molar-refractivity contribution is -0.116. The van der Waals surface area contributed by atoms with Gasteiger partial charge >= 0.3 is 6.03 Å². The summed E-state index contributed by atoms with van der Waals surface area (Å²) in [5.41, 5.74) is 0.596. The van der Waals surface area contributed by atoms with Crippen LogP contribution in [0, 0.1) is 0 Å². The first-order valence-electron chi connectivity index (χ1n) is 6.38. The van der Waals surface area contributed by atoms with Crippen LogP contribution in [-0.2, 0) is 11.3 Å². The van der Waals surface area contributed by atoms with E-state index in [2.05, 4.69) is 20.9 Å². The fourth-order valence-electron chi connectivity index (χ4n) is 1.57. The Bertz CT molecular complexity index is 685. The molecule has 0 aliphatic rings. The van der Waals surface area contributed by atoms with Crippen molar-refractivity contribution in [3.05, 3.63) is 35.5 Å². The van der Waals surface area contributed by atoms with Crippen LogP contribution >= 0.6 is 11.6 Å². The summed E-state index contributed by atoms with van der Waals surface area (Å²) in [4.78, 5) is 24.7. The Morgan fingerprint density at radius 2 is 2.09 bits per heavy atom. The highest BCUT2D eigenvalue weighted by atomic mass is 35.5. The standard InChI is InChI=1S/C13H15ClN6O2/c1-19(2)13(22)16-11-7-20(18-17-11)8-12(21)15-10-5-3-4-9(14)6-10/h3-7H,8H2,1-2H3,(H,15,21)(H,16,22). The van der Waals surface area contributed by atoms with Crippen molar-refractivity contribution in [2.24, 2.45) is 0 Å². The molecular weight excluding hydrogens is 308 g/mol. The van der Waals surface area contributed by atoms with Crippen LogP contribution in [0.4, 0.5) is 16.3 Å². The summed E-state index contributed by atoms with van der Waals surface area (Å²) < 4.78 is 1.32. The average Bonchev–Trinajstić information content (AvgIpc) is 2.85. The quantitative estimate of drug-likeness (QED) is 0.895. The zero-order chi connectivity index (χ0) is 16.1. The van der Waals surface area contributed by atoms with Gasteiger partial charge in [-0.1, -0.05) is 22.9 Å². The maximum atomic E-state index is 11.9. The summed E-state index contributed by atoms with van der Waals surface area (Å²) in [6, 6.07) is 6.50. The molecule has 0 radical (unpaired) electrons. The number of anilines is 2. The van der Waals surface area contributed by atoms with Crippen molar-refractivity contribution in [3.8, 4) is 0 Å². The SMILES string of the molecule is CN(C)C(=O)Nc1cn(CC(=O)Nc2cccc(Cl)c2)nn1. The Kier molecular flexibility index (Phi) is 4.95. The monoisotopic (exact) mass is 322 g/mol. The molecule has 0 atom stereocenters. The van der Waals surface area contributed by atoms with E-state index in [-0.39, 0.29) is 24.3 Å². The lowest BCUT2D eigenvalue weighted by Gasteiger charge is -2.09. The zero-order valence-electron chi connectivity index (χ0n) is 12.1. The number of benzene rings is 1. The summed E-state index contributed by atoms with van der Waals surface area (Å²) in [6.45, 7) is -0.0304. The predicted molar refractivity (Wildman–Crippen MR) is 82.8 cm³/mol. The Labute approximate surface area is 132 Å². The van der Waals surface area contributed by atoms with Gasteiger partial charge < -0.3 is 10.2 Å². The van der Waals surface area contributed by atoms with Crippen molar-refractivity contribution in [1.82, 2.24) is 19.9 Å². The molecule has 0 aliphatic carbocycles. The number of amides is 3. The number of rotatable bonds is 4. The van der Waals surface area contributed by atoms with Gasteiger partial charge in [0.1, 0.15) is 6.54 Å². The van der Waals surface area contributed by atoms with Crippen LogP contribution in [0.15, 0.2) is 30.5 Å². The van der Waals surface area contributed by atoms with Crippen molar-refractivity contribution in [1.29, 1.82) is 0 Å². The summed E-state index contributed by atoms with van der Waals surface area (Å²) in [5, 5.41) is 13.3. The molecule has 2 aromatic rings. The van der Waals surface area contributed by atoms with Crippen molar-refractivity contribution in [2.75, 3.05) is 24.7 Å². The van der Waals surface area contributed by atoms with E-state index in [4.69, 9.17) is 11.6 Å². The molecule has 3 amide bonds. The van der Waals surface area contributed by atoms with Crippen LogP contribution < -0.4 is 10.6 Å². The van der Waals surface area contributed by atoms with E-state index in [9.17, 15) is 9.59 Å². The normalized spacial score (nSPS) is 10.1. The van der Waals surface area contributed by atoms with Crippen LogP contribution in [-0.4, -0.2) is 45.9 Å². The van der Waals surface area contributed by atoms with E-state index >= 15 is 0 Å². The molecular formula is C13H15ClN6O2. The molecule has 2 N–H and O–H groups in total. The molecule has 0 aliphatic heterocycles. The van der Waals surface area contributed by atoms with E-state index in [1.807, 2.05) is 0 Å². The summed E-state index contributed by atoms with van der Waals surface area (Å²) >= 11 is 5.84. The molecule has 1 heterocycles. The van der Waals surface area contributed by atoms with E-state index in [1.54, 1.807) is 38.4 Å². The highest BCUT2D eigenvalue weighted by molar-refractivity contribution is 6.30. The Morgan fingerprint density at radius 3 is 2.77 bits per heavy atom. The van der Waals surface area contributed by atoms with Gasteiger partial charge in [0, 0.05) is 24.8 Å². The topological polar surface area (TPSA) is 92.2 Å². The van der Waals surface area contributed by atoms with Crippen molar-refractivity contribution in [3.63, 3.8) is 0 Å². The first-order chi connectivity index (χ1) is 10.4. The van der Waals surface area contributed by atoms with Gasteiger partial charge in [-0.15, -0.1) is 5.10 Å².